The van der Waals surface area contributed by atoms with E-state index in [9.17, 15) is 13.6 Å². The number of hydrogen-bond donors (Lipinski definition) is 0. The summed E-state index contributed by atoms with van der Waals surface area (Å²) in [4.78, 5) is 13.9. The van der Waals surface area contributed by atoms with Crippen LogP contribution in [0.2, 0.25) is 5.15 Å². The zero-order chi connectivity index (χ0) is 10.0. The van der Waals surface area contributed by atoms with Crippen LogP contribution in [0, 0.1) is 6.92 Å². The maximum atomic E-state index is 12.3. The number of carbonyl (C=O) groups excluding carboxylic acids is 1. The summed E-state index contributed by atoms with van der Waals surface area (Å²) in [5.41, 5.74) is -0.115. The highest BCUT2D eigenvalue weighted by atomic mass is 35.5. The molecule has 13 heavy (non-hydrogen) atoms. The molecule has 0 bridgehead atoms. The molecule has 0 aliphatic heterocycles. The van der Waals surface area contributed by atoms with Crippen LogP contribution in [0.1, 0.15) is 28.0 Å². The first kappa shape index (κ1) is 10.1. The minimum Gasteiger partial charge on any atom is -0.296 e. The number of pyridine rings is 1. The van der Waals surface area contributed by atoms with Crippen molar-refractivity contribution in [3.8, 4) is 0 Å². The average molecular weight is 206 g/mol. The first-order valence-electron chi connectivity index (χ1n) is 3.46. The van der Waals surface area contributed by atoms with Gasteiger partial charge in [-0.05, 0) is 18.6 Å². The first-order valence-corrected chi connectivity index (χ1v) is 3.84. The van der Waals surface area contributed by atoms with Gasteiger partial charge in [-0.25, -0.2) is 13.8 Å². The molecule has 0 fully saturated rings. The molecule has 1 aromatic heterocycles. The quantitative estimate of drug-likeness (QED) is 0.549. The van der Waals surface area contributed by atoms with E-state index in [0.717, 1.165) is 6.07 Å². The van der Waals surface area contributed by atoms with Crippen molar-refractivity contribution in [2.45, 2.75) is 13.3 Å². The molecule has 0 atom stereocenters. The maximum absolute atomic E-state index is 12.3. The highest BCUT2D eigenvalue weighted by Gasteiger charge is 2.14. The minimum atomic E-state index is -2.64. The molecule has 0 radical (unpaired) electrons. The smallest absolute Gasteiger partial charge is 0.264 e. The molecule has 0 aliphatic rings. The largest absolute Gasteiger partial charge is 0.296 e. The van der Waals surface area contributed by atoms with Gasteiger partial charge in [-0.1, -0.05) is 11.6 Å². The Kier molecular flexibility index (Phi) is 2.93. The Balaban J connectivity index is 3.32. The van der Waals surface area contributed by atoms with Crippen LogP contribution in [0.25, 0.3) is 0 Å². The Morgan fingerprint density at radius 2 is 2.23 bits per heavy atom. The van der Waals surface area contributed by atoms with E-state index in [-0.39, 0.29) is 22.0 Å². The van der Waals surface area contributed by atoms with E-state index >= 15 is 0 Å². The molecule has 1 aromatic rings. The molecule has 0 spiro atoms. The summed E-state index contributed by atoms with van der Waals surface area (Å²) in [6, 6.07) is 1.04. The van der Waals surface area contributed by atoms with Crippen molar-refractivity contribution in [2.75, 3.05) is 0 Å². The van der Waals surface area contributed by atoms with E-state index < -0.39 is 6.43 Å². The second-order valence-electron chi connectivity index (χ2n) is 2.47. The van der Waals surface area contributed by atoms with Crippen molar-refractivity contribution in [3.05, 3.63) is 28.0 Å². The predicted molar refractivity (Wildman–Crippen MR) is 44.3 cm³/mol. The lowest BCUT2D eigenvalue weighted by Crippen LogP contribution is -1.97. The zero-order valence-corrected chi connectivity index (χ0v) is 7.48. The molecule has 0 saturated heterocycles. The van der Waals surface area contributed by atoms with Crippen LogP contribution in [-0.4, -0.2) is 11.3 Å². The zero-order valence-electron chi connectivity index (χ0n) is 6.72. The molecule has 0 aliphatic carbocycles. The highest BCUT2D eigenvalue weighted by molar-refractivity contribution is 6.30. The molecule has 2 nitrogen and oxygen atoms in total. The second-order valence-corrected chi connectivity index (χ2v) is 2.83. The van der Waals surface area contributed by atoms with Crippen molar-refractivity contribution in [1.29, 1.82) is 0 Å². The van der Waals surface area contributed by atoms with Crippen molar-refractivity contribution in [2.24, 2.45) is 0 Å². The molecule has 0 aromatic carbocycles. The molecule has 70 valence electrons. The van der Waals surface area contributed by atoms with Crippen LogP contribution >= 0.6 is 11.6 Å². The molecule has 0 saturated carbocycles. The molecule has 1 rings (SSSR count). The van der Waals surface area contributed by atoms with Gasteiger partial charge in [0, 0.05) is 5.56 Å². The fraction of sp³-hybridized carbons (Fsp3) is 0.250. The number of aromatic nitrogens is 1. The van der Waals surface area contributed by atoms with Crippen molar-refractivity contribution >= 4 is 17.9 Å². The predicted octanol–water partition coefficient (Wildman–Crippen LogP) is 2.79. The summed E-state index contributed by atoms with van der Waals surface area (Å²) in [5, 5.41) is -0.0556. The van der Waals surface area contributed by atoms with Gasteiger partial charge in [-0.2, -0.15) is 0 Å². The summed E-state index contributed by atoms with van der Waals surface area (Å²) in [6.45, 7) is 1.44. The van der Waals surface area contributed by atoms with Crippen LogP contribution < -0.4 is 0 Å². The normalized spacial score (nSPS) is 10.5. The summed E-state index contributed by atoms with van der Waals surface area (Å²) < 4.78 is 24.6. The fourth-order valence-electron chi connectivity index (χ4n) is 0.903. The number of hydrogen-bond acceptors (Lipinski definition) is 2. The highest BCUT2D eigenvalue weighted by Crippen LogP contribution is 2.26. The Morgan fingerprint density at radius 1 is 1.62 bits per heavy atom. The van der Waals surface area contributed by atoms with Gasteiger partial charge in [0.25, 0.3) is 6.43 Å². The molecular formula is C8H6ClF2NO. The van der Waals surface area contributed by atoms with Crippen molar-refractivity contribution < 1.29 is 13.6 Å². The minimum absolute atomic E-state index is 0.0556. The molecule has 5 heteroatoms. The number of aldehydes is 1. The number of rotatable bonds is 2. The monoisotopic (exact) mass is 205 g/mol. The standard InChI is InChI=1S/C8H6ClF2NO/c1-4-6(8(10)11)2-5(3-13)12-7(4)9/h2-3,8H,1H3. The molecule has 0 amide bonds. The average Bonchev–Trinajstić information content (AvgIpc) is 2.09. The van der Waals surface area contributed by atoms with Crippen LogP contribution in [-0.2, 0) is 0 Å². The number of alkyl halides is 2. The number of nitrogens with zero attached hydrogens (tertiary/aromatic N) is 1. The van der Waals surface area contributed by atoms with E-state index in [2.05, 4.69) is 4.98 Å². The van der Waals surface area contributed by atoms with Gasteiger partial charge in [-0.3, -0.25) is 4.79 Å². The van der Waals surface area contributed by atoms with Gasteiger partial charge in [-0.15, -0.1) is 0 Å². The van der Waals surface area contributed by atoms with Crippen LogP contribution in [0.4, 0.5) is 8.78 Å². The lowest BCUT2D eigenvalue weighted by atomic mass is 10.1. The van der Waals surface area contributed by atoms with Gasteiger partial charge < -0.3 is 0 Å². The third-order valence-electron chi connectivity index (χ3n) is 1.63. The van der Waals surface area contributed by atoms with Crippen molar-refractivity contribution in [3.63, 3.8) is 0 Å². The Bertz CT molecular complexity index is 341. The second kappa shape index (κ2) is 3.79. The van der Waals surface area contributed by atoms with Gasteiger partial charge in [0.05, 0.1) is 0 Å². The Morgan fingerprint density at radius 3 is 2.69 bits per heavy atom. The first-order chi connectivity index (χ1) is 6.06. The topological polar surface area (TPSA) is 30.0 Å². The third-order valence-corrected chi connectivity index (χ3v) is 2.00. The fourth-order valence-corrected chi connectivity index (χ4v) is 1.11. The van der Waals surface area contributed by atoms with E-state index in [1.165, 1.54) is 6.92 Å². The van der Waals surface area contributed by atoms with Gasteiger partial charge in [0.1, 0.15) is 10.8 Å². The molecule has 0 N–H and O–H groups in total. The van der Waals surface area contributed by atoms with Crippen LogP contribution in [0.5, 0.6) is 0 Å². The van der Waals surface area contributed by atoms with Gasteiger partial charge >= 0.3 is 0 Å². The number of halogens is 3. The van der Waals surface area contributed by atoms with E-state index in [1.54, 1.807) is 0 Å². The lowest BCUT2D eigenvalue weighted by molar-refractivity contribution is 0.111. The van der Waals surface area contributed by atoms with Crippen LogP contribution in [0.3, 0.4) is 0 Å². The van der Waals surface area contributed by atoms with E-state index in [1.807, 2.05) is 0 Å². The number of carbonyl (C=O) groups is 1. The van der Waals surface area contributed by atoms with Crippen molar-refractivity contribution in [1.82, 2.24) is 4.98 Å². The Labute approximate surface area is 78.5 Å². The van der Waals surface area contributed by atoms with Crippen LogP contribution in [0.15, 0.2) is 6.07 Å². The van der Waals surface area contributed by atoms with E-state index in [0.29, 0.717) is 6.29 Å². The summed E-state index contributed by atoms with van der Waals surface area (Å²) in [6.07, 6.45) is -2.25. The summed E-state index contributed by atoms with van der Waals surface area (Å²) in [7, 11) is 0. The summed E-state index contributed by atoms with van der Waals surface area (Å²) >= 11 is 5.54. The Hall–Kier alpha value is -1.03. The SMILES string of the molecule is Cc1c(C(F)F)cc(C=O)nc1Cl. The maximum Gasteiger partial charge on any atom is 0.264 e. The molecule has 0 unspecified atom stereocenters. The molecular weight excluding hydrogens is 200 g/mol. The van der Waals surface area contributed by atoms with Gasteiger partial charge in [0.15, 0.2) is 6.29 Å². The van der Waals surface area contributed by atoms with E-state index in [4.69, 9.17) is 11.6 Å². The third kappa shape index (κ3) is 2.01. The summed E-state index contributed by atoms with van der Waals surface area (Å²) in [5.74, 6) is 0. The molecule has 1 heterocycles. The lowest BCUT2D eigenvalue weighted by Gasteiger charge is -2.06. The van der Waals surface area contributed by atoms with Gasteiger partial charge in [0.2, 0.25) is 0 Å².